The number of hydrogen-bond donors (Lipinski definition) is 0. The molecule has 0 unspecified atom stereocenters. The summed E-state index contributed by atoms with van der Waals surface area (Å²) in [5.74, 6) is -1.10. The Hall–Kier alpha value is -2.04. The van der Waals surface area contributed by atoms with Crippen molar-refractivity contribution in [3.8, 4) is 0 Å². The summed E-state index contributed by atoms with van der Waals surface area (Å²) in [6.45, 7) is 12.4. The maximum atomic E-state index is 12.6. The number of ketones is 2. The fourth-order valence-electron chi connectivity index (χ4n) is 1.87. The Bertz CT molecular complexity index is 633. The minimum atomic E-state index is -0.725. The number of aromatic nitrogens is 1. The van der Waals surface area contributed by atoms with Gasteiger partial charge in [-0.15, -0.1) is 0 Å². The van der Waals surface area contributed by atoms with Crippen LogP contribution in [-0.4, -0.2) is 29.1 Å². The number of carbonyl (C=O) groups is 3. The van der Waals surface area contributed by atoms with Gasteiger partial charge < -0.3 is 4.74 Å². The van der Waals surface area contributed by atoms with E-state index in [1.807, 2.05) is 0 Å². The molecule has 0 N–H and O–H groups in total. The van der Waals surface area contributed by atoms with Crippen LogP contribution >= 0.6 is 0 Å². The maximum Gasteiger partial charge on any atom is 0.340 e. The molecule has 126 valence electrons. The van der Waals surface area contributed by atoms with Gasteiger partial charge in [0.05, 0.1) is 12.2 Å². The molecule has 0 atom stereocenters. The van der Waals surface area contributed by atoms with Crippen molar-refractivity contribution < 1.29 is 19.1 Å². The van der Waals surface area contributed by atoms with Crippen molar-refractivity contribution in [2.45, 2.75) is 48.5 Å². The Labute approximate surface area is 137 Å². The van der Waals surface area contributed by atoms with Crippen LogP contribution in [0.25, 0.3) is 0 Å². The van der Waals surface area contributed by atoms with Gasteiger partial charge in [0.15, 0.2) is 11.6 Å². The molecule has 0 fully saturated rings. The van der Waals surface area contributed by atoms with Crippen molar-refractivity contribution in [3.63, 3.8) is 0 Å². The first-order chi connectivity index (χ1) is 10.4. The lowest BCUT2D eigenvalue weighted by molar-refractivity contribution is 0.0520. The van der Waals surface area contributed by atoms with Crippen LogP contribution in [0.4, 0.5) is 0 Å². The minimum absolute atomic E-state index is 0.00829. The van der Waals surface area contributed by atoms with E-state index in [0.29, 0.717) is 0 Å². The van der Waals surface area contributed by atoms with Gasteiger partial charge in [-0.05, 0) is 19.1 Å². The predicted octanol–water partition coefficient (Wildman–Crippen LogP) is 3.72. The number of esters is 1. The highest BCUT2D eigenvalue weighted by Gasteiger charge is 2.31. The first kappa shape index (κ1) is 19.0. The molecule has 0 saturated carbocycles. The van der Waals surface area contributed by atoms with E-state index in [0.717, 1.165) is 0 Å². The van der Waals surface area contributed by atoms with Crippen molar-refractivity contribution in [1.82, 2.24) is 4.98 Å². The van der Waals surface area contributed by atoms with Crippen molar-refractivity contribution in [2.75, 3.05) is 6.61 Å². The van der Waals surface area contributed by atoms with Gasteiger partial charge in [-0.25, -0.2) is 9.78 Å². The van der Waals surface area contributed by atoms with E-state index >= 15 is 0 Å². The van der Waals surface area contributed by atoms with Crippen molar-refractivity contribution >= 4 is 17.5 Å². The fourth-order valence-corrected chi connectivity index (χ4v) is 1.87. The molecule has 0 radical (unpaired) electrons. The molecule has 1 aromatic heterocycles. The summed E-state index contributed by atoms with van der Waals surface area (Å²) in [7, 11) is 0. The molecule has 23 heavy (non-hydrogen) atoms. The highest BCUT2D eigenvalue weighted by Crippen LogP contribution is 2.25. The number of rotatable bonds is 4. The Morgan fingerprint density at radius 2 is 1.48 bits per heavy atom. The van der Waals surface area contributed by atoms with Crippen LogP contribution in [0, 0.1) is 10.8 Å². The molecule has 1 heterocycles. The van der Waals surface area contributed by atoms with E-state index < -0.39 is 16.8 Å². The monoisotopic (exact) mass is 319 g/mol. The minimum Gasteiger partial charge on any atom is -0.462 e. The average Bonchev–Trinajstić information content (AvgIpc) is 2.43. The van der Waals surface area contributed by atoms with Crippen LogP contribution in [0.1, 0.15) is 79.8 Å². The third-order valence-corrected chi connectivity index (χ3v) is 3.20. The van der Waals surface area contributed by atoms with Gasteiger partial charge >= 0.3 is 5.97 Å². The van der Waals surface area contributed by atoms with Gasteiger partial charge in [-0.2, -0.15) is 0 Å². The third kappa shape index (κ3) is 4.47. The zero-order chi connectivity index (χ0) is 18.0. The Morgan fingerprint density at radius 3 is 1.91 bits per heavy atom. The standard InChI is InChI=1S/C18H25NO4/c1-8-23-16(22)11-9-10-12(14(20)17(2,3)4)19-13(11)15(21)18(5,6)7/h9-10H,8H2,1-7H3. The summed E-state index contributed by atoms with van der Waals surface area (Å²) in [5.41, 5.74) is -1.08. The summed E-state index contributed by atoms with van der Waals surface area (Å²) in [6.07, 6.45) is 0. The molecule has 0 saturated heterocycles. The summed E-state index contributed by atoms with van der Waals surface area (Å²) in [4.78, 5) is 41.3. The van der Waals surface area contributed by atoms with Crippen LogP contribution in [0.15, 0.2) is 12.1 Å². The summed E-state index contributed by atoms with van der Waals surface area (Å²) in [6, 6.07) is 2.92. The lowest BCUT2D eigenvalue weighted by atomic mass is 9.85. The average molecular weight is 319 g/mol. The second kappa shape index (κ2) is 6.60. The van der Waals surface area contributed by atoms with Crippen molar-refractivity contribution in [1.29, 1.82) is 0 Å². The summed E-state index contributed by atoms with van der Waals surface area (Å²) in [5, 5.41) is 0. The predicted molar refractivity (Wildman–Crippen MR) is 87.8 cm³/mol. The molecule has 5 nitrogen and oxygen atoms in total. The normalized spacial score (nSPS) is 12.0. The second-order valence-electron chi connectivity index (χ2n) is 7.47. The van der Waals surface area contributed by atoms with Gasteiger partial charge in [0.25, 0.3) is 0 Å². The maximum absolute atomic E-state index is 12.6. The number of hydrogen-bond acceptors (Lipinski definition) is 5. The van der Waals surface area contributed by atoms with E-state index in [1.165, 1.54) is 12.1 Å². The highest BCUT2D eigenvalue weighted by atomic mass is 16.5. The molecule has 1 aromatic rings. The van der Waals surface area contributed by atoms with Crippen LogP contribution in [0.5, 0.6) is 0 Å². The lowest BCUT2D eigenvalue weighted by Crippen LogP contribution is -2.27. The number of pyridine rings is 1. The molecule has 0 bridgehead atoms. The van der Waals surface area contributed by atoms with Crippen LogP contribution in [0.3, 0.4) is 0 Å². The van der Waals surface area contributed by atoms with E-state index in [4.69, 9.17) is 4.74 Å². The first-order valence-electron chi connectivity index (χ1n) is 7.67. The van der Waals surface area contributed by atoms with Crippen molar-refractivity contribution in [2.24, 2.45) is 10.8 Å². The van der Waals surface area contributed by atoms with Crippen LogP contribution < -0.4 is 0 Å². The van der Waals surface area contributed by atoms with E-state index in [2.05, 4.69) is 4.98 Å². The first-order valence-corrected chi connectivity index (χ1v) is 7.67. The molecule has 5 heteroatoms. The number of ether oxygens (including phenoxy) is 1. The summed E-state index contributed by atoms with van der Waals surface area (Å²) < 4.78 is 4.98. The Morgan fingerprint density at radius 1 is 0.957 bits per heavy atom. The molecular formula is C18H25NO4. The van der Waals surface area contributed by atoms with E-state index in [-0.39, 0.29) is 35.1 Å². The molecule has 0 aliphatic rings. The molecule has 0 amide bonds. The van der Waals surface area contributed by atoms with Gasteiger partial charge in [0.1, 0.15) is 11.4 Å². The number of carbonyl (C=O) groups excluding carboxylic acids is 3. The topological polar surface area (TPSA) is 73.3 Å². The largest absolute Gasteiger partial charge is 0.462 e. The van der Waals surface area contributed by atoms with Crippen molar-refractivity contribution in [3.05, 3.63) is 29.1 Å². The number of nitrogens with zero attached hydrogens (tertiary/aromatic N) is 1. The van der Waals surface area contributed by atoms with E-state index in [1.54, 1.807) is 48.5 Å². The van der Waals surface area contributed by atoms with Gasteiger partial charge in [0, 0.05) is 10.8 Å². The molecule has 0 aliphatic carbocycles. The Kier molecular flexibility index (Phi) is 5.46. The smallest absolute Gasteiger partial charge is 0.340 e. The van der Waals surface area contributed by atoms with Gasteiger partial charge in [-0.1, -0.05) is 41.5 Å². The SMILES string of the molecule is CCOC(=O)c1ccc(C(=O)C(C)(C)C)nc1C(=O)C(C)(C)C. The van der Waals surface area contributed by atoms with Crippen LogP contribution in [-0.2, 0) is 4.74 Å². The summed E-state index contributed by atoms with van der Waals surface area (Å²) >= 11 is 0. The molecule has 0 aromatic carbocycles. The Balaban J connectivity index is 3.49. The quantitative estimate of drug-likeness (QED) is 0.624. The van der Waals surface area contributed by atoms with E-state index in [9.17, 15) is 14.4 Å². The number of Topliss-reactive ketones (excluding diaryl/α,β-unsaturated/α-hetero) is 2. The lowest BCUT2D eigenvalue weighted by Gasteiger charge is -2.20. The zero-order valence-electron chi connectivity index (χ0n) is 14.9. The fraction of sp³-hybridized carbons (Fsp3) is 0.556. The zero-order valence-corrected chi connectivity index (χ0v) is 14.9. The van der Waals surface area contributed by atoms with Gasteiger partial charge in [0.2, 0.25) is 0 Å². The third-order valence-electron chi connectivity index (χ3n) is 3.20. The molecule has 0 spiro atoms. The molecular weight excluding hydrogens is 294 g/mol. The van der Waals surface area contributed by atoms with Crippen LogP contribution in [0.2, 0.25) is 0 Å². The molecule has 0 aliphatic heterocycles. The second-order valence-corrected chi connectivity index (χ2v) is 7.47. The molecule has 1 rings (SSSR count). The van der Waals surface area contributed by atoms with Gasteiger partial charge in [-0.3, -0.25) is 9.59 Å². The highest BCUT2D eigenvalue weighted by molar-refractivity contribution is 6.08.